The smallest absolute Gasteiger partial charge is 0.329 e. The first kappa shape index (κ1) is 13.5. The summed E-state index contributed by atoms with van der Waals surface area (Å²) in [4.78, 5) is 24.7. The Hall–Kier alpha value is -0.970. The van der Waals surface area contributed by atoms with Crippen LogP contribution >= 0.6 is 11.8 Å². The van der Waals surface area contributed by atoms with Gasteiger partial charge in [0.15, 0.2) is 5.78 Å². The van der Waals surface area contributed by atoms with Crippen molar-refractivity contribution in [1.29, 1.82) is 0 Å². The number of thioether (sulfide) groups is 1. The summed E-state index contributed by atoms with van der Waals surface area (Å²) in [6, 6.07) is -0.382. The van der Waals surface area contributed by atoms with E-state index in [1.807, 2.05) is 13.8 Å². The van der Waals surface area contributed by atoms with E-state index in [-0.39, 0.29) is 22.5 Å². The molecule has 0 saturated heterocycles. The fraction of sp³-hybridized carbons (Fsp3) is 0.692. The maximum absolute atomic E-state index is 12.0. The number of hydrogen-bond acceptors (Lipinski definition) is 5. The number of nitrogens with one attached hydrogen (secondary N) is 1. The summed E-state index contributed by atoms with van der Waals surface area (Å²) >= 11 is 1.51. The van der Waals surface area contributed by atoms with Gasteiger partial charge in [-0.15, -0.1) is 11.8 Å². The molecule has 0 aromatic heterocycles. The van der Waals surface area contributed by atoms with Gasteiger partial charge in [0.1, 0.15) is 6.04 Å². The van der Waals surface area contributed by atoms with Crippen molar-refractivity contribution in [2.75, 3.05) is 6.61 Å². The molecule has 0 spiro atoms. The molecule has 4 nitrogen and oxygen atoms in total. The standard InChI is InChI=1S/C13H19NO3S/c1-4-17-12(16)11-13(2,3)18-10-8(14-11)6-5-7-9(10)15/h11,14H,4-7H2,1-3H3. The molecular weight excluding hydrogens is 250 g/mol. The van der Waals surface area contributed by atoms with Crippen LogP contribution in [0.3, 0.4) is 0 Å². The summed E-state index contributed by atoms with van der Waals surface area (Å²) in [5.74, 6) is -0.0382. The molecule has 1 heterocycles. The molecule has 0 fully saturated rings. The third kappa shape index (κ3) is 2.41. The Bertz CT molecular complexity index is 414. The zero-order chi connectivity index (χ0) is 13.3. The average Bonchev–Trinajstić information content (AvgIpc) is 2.29. The van der Waals surface area contributed by atoms with Gasteiger partial charge in [0.25, 0.3) is 0 Å². The summed E-state index contributed by atoms with van der Waals surface area (Å²) in [6.07, 6.45) is 2.33. The predicted octanol–water partition coefficient (Wildman–Crippen LogP) is 2.00. The van der Waals surface area contributed by atoms with E-state index in [1.54, 1.807) is 6.92 Å². The quantitative estimate of drug-likeness (QED) is 0.777. The molecule has 0 aromatic rings. The fourth-order valence-electron chi connectivity index (χ4n) is 2.32. The van der Waals surface area contributed by atoms with Crippen molar-refractivity contribution < 1.29 is 14.3 Å². The van der Waals surface area contributed by atoms with E-state index in [4.69, 9.17) is 4.74 Å². The van der Waals surface area contributed by atoms with E-state index in [2.05, 4.69) is 5.32 Å². The van der Waals surface area contributed by atoms with Crippen molar-refractivity contribution in [3.8, 4) is 0 Å². The van der Waals surface area contributed by atoms with Crippen LogP contribution in [0.25, 0.3) is 0 Å². The molecule has 5 heteroatoms. The summed E-state index contributed by atoms with van der Waals surface area (Å²) in [7, 11) is 0. The van der Waals surface area contributed by atoms with Crippen molar-refractivity contribution in [2.45, 2.75) is 50.8 Å². The molecule has 1 aliphatic heterocycles. The molecular formula is C13H19NO3S. The molecule has 0 amide bonds. The number of carbonyl (C=O) groups is 2. The van der Waals surface area contributed by atoms with Gasteiger partial charge in [0, 0.05) is 16.9 Å². The minimum Gasteiger partial charge on any atom is -0.464 e. The van der Waals surface area contributed by atoms with E-state index in [0.717, 1.165) is 23.4 Å². The third-order valence-electron chi connectivity index (χ3n) is 3.26. The number of Topliss-reactive ketones (excluding diaryl/α,β-unsaturated/α-hetero) is 1. The Kier molecular flexibility index (Phi) is 3.71. The van der Waals surface area contributed by atoms with Crippen LogP contribution in [0.4, 0.5) is 0 Å². The van der Waals surface area contributed by atoms with Gasteiger partial charge in [0.05, 0.1) is 11.5 Å². The lowest BCUT2D eigenvalue weighted by Gasteiger charge is -2.40. The normalized spacial score (nSPS) is 26.4. The summed E-state index contributed by atoms with van der Waals surface area (Å²) < 4.78 is 4.74. The van der Waals surface area contributed by atoms with Crippen LogP contribution in [-0.2, 0) is 14.3 Å². The van der Waals surface area contributed by atoms with Crippen molar-refractivity contribution in [2.24, 2.45) is 0 Å². The fourth-order valence-corrected chi connectivity index (χ4v) is 3.61. The Morgan fingerprint density at radius 3 is 2.89 bits per heavy atom. The van der Waals surface area contributed by atoms with Crippen LogP contribution in [0.2, 0.25) is 0 Å². The zero-order valence-electron chi connectivity index (χ0n) is 11.0. The maximum Gasteiger partial charge on any atom is 0.329 e. The van der Waals surface area contributed by atoms with E-state index in [1.165, 1.54) is 11.8 Å². The highest BCUT2D eigenvalue weighted by atomic mass is 32.2. The molecule has 1 N–H and O–H groups in total. The molecule has 0 saturated carbocycles. The molecule has 2 rings (SSSR count). The summed E-state index contributed by atoms with van der Waals surface area (Å²) in [5, 5.41) is 3.22. The molecule has 1 atom stereocenters. The predicted molar refractivity (Wildman–Crippen MR) is 71.1 cm³/mol. The lowest BCUT2D eigenvalue weighted by molar-refractivity contribution is -0.146. The molecule has 18 heavy (non-hydrogen) atoms. The van der Waals surface area contributed by atoms with Crippen LogP contribution in [-0.4, -0.2) is 29.1 Å². The van der Waals surface area contributed by atoms with E-state index >= 15 is 0 Å². The van der Waals surface area contributed by atoms with Crippen LogP contribution in [0, 0.1) is 0 Å². The van der Waals surface area contributed by atoms with E-state index in [9.17, 15) is 9.59 Å². The van der Waals surface area contributed by atoms with E-state index < -0.39 is 0 Å². The Morgan fingerprint density at radius 2 is 2.22 bits per heavy atom. The average molecular weight is 269 g/mol. The van der Waals surface area contributed by atoms with Crippen molar-refractivity contribution >= 4 is 23.5 Å². The molecule has 0 aromatic carbocycles. The van der Waals surface area contributed by atoms with Crippen LogP contribution in [0.5, 0.6) is 0 Å². The molecule has 100 valence electrons. The summed E-state index contributed by atoms with van der Waals surface area (Å²) in [5.41, 5.74) is 0.925. The van der Waals surface area contributed by atoms with Gasteiger partial charge < -0.3 is 10.1 Å². The molecule has 0 radical (unpaired) electrons. The van der Waals surface area contributed by atoms with Crippen molar-refractivity contribution in [3.63, 3.8) is 0 Å². The van der Waals surface area contributed by atoms with Gasteiger partial charge in [-0.25, -0.2) is 4.79 Å². The molecule has 1 unspecified atom stereocenters. The number of ether oxygens (including phenoxy) is 1. The Labute approximate surface area is 112 Å². The first-order valence-corrected chi connectivity index (χ1v) is 7.16. The largest absolute Gasteiger partial charge is 0.464 e. The van der Waals surface area contributed by atoms with Gasteiger partial charge in [-0.3, -0.25) is 4.79 Å². The van der Waals surface area contributed by atoms with Crippen molar-refractivity contribution in [1.82, 2.24) is 5.32 Å². The highest BCUT2D eigenvalue weighted by Gasteiger charge is 2.44. The van der Waals surface area contributed by atoms with E-state index in [0.29, 0.717) is 13.0 Å². The van der Waals surface area contributed by atoms with Gasteiger partial charge in [-0.2, -0.15) is 0 Å². The second-order valence-corrected chi connectivity index (χ2v) is 6.78. The number of ketones is 1. The van der Waals surface area contributed by atoms with Gasteiger partial charge in [-0.05, 0) is 33.6 Å². The minimum absolute atomic E-state index is 0.198. The maximum atomic E-state index is 12.0. The monoisotopic (exact) mass is 269 g/mol. The van der Waals surface area contributed by atoms with Gasteiger partial charge in [0.2, 0.25) is 0 Å². The highest BCUT2D eigenvalue weighted by Crippen LogP contribution is 2.43. The Balaban J connectivity index is 2.26. The van der Waals surface area contributed by atoms with Crippen molar-refractivity contribution in [3.05, 3.63) is 10.6 Å². The number of allylic oxidation sites excluding steroid dienone is 2. The van der Waals surface area contributed by atoms with Gasteiger partial charge in [-0.1, -0.05) is 0 Å². The number of rotatable bonds is 2. The molecule has 1 aliphatic carbocycles. The van der Waals surface area contributed by atoms with Crippen LogP contribution in [0.15, 0.2) is 10.6 Å². The first-order chi connectivity index (χ1) is 8.45. The number of carbonyl (C=O) groups excluding carboxylic acids is 2. The Morgan fingerprint density at radius 1 is 1.50 bits per heavy atom. The number of hydrogen-bond donors (Lipinski definition) is 1. The molecule has 2 aliphatic rings. The van der Waals surface area contributed by atoms with Crippen LogP contribution < -0.4 is 5.32 Å². The topological polar surface area (TPSA) is 55.4 Å². The minimum atomic E-state index is -0.382. The third-order valence-corrected chi connectivity index (χ3v) is 4.70. The second-order valence-electron chi connectivity index (χ2n) is 5.12. The SMILES string of the molecule is CCOC(=O)C1NC2=C(SC1(C)C)C(=O)CCC2. The summed E-state index contributed by atoms with van der Waals surface area (Å²) in [6.45, 7) is 6.12. The van der Waals surface area contributed by atoms with Gasteiger partial charge >= 0.3 is 5.97 Å². The highest BCUT2D eigenvalue weighted by molar-refractivity contribution is 8.05. The second kappa shape index (κ2) is 4.96. The molecule has 0 bridgehead atoms. The van der Waals surface area contributed by atoms with Crippen LogP contribution in [0.1, 0.15) is 40.0 Å². The lowest BCUT2D eigenvalue weighted by Crippen LogP contribution is -2.54. The zero-order valence-corrected chi connectivity index (χ0v) is 11.9. The number of esters is 1. The first-order valence-electron chi connectivity index (χ1n) is 6.34. The lowest BCUT2D eigenvalue weighted by atomic mass is 9.98.